The predicted molar refractivity (Wildman–Crippen MR) is 85.8 cm³/mol. The minimum absolute atomic E-state index is 0.151. The fourth-order valence-electron chi connectivity index (χ4n) is 3.45. The van der Waals surface area contributed by atoms with Crippen LogP contribution in [0.2, 0.25) is 0 Å². The van der Waals surface area contributed by atoms with Crippen molar-refractivity contribution in [3.8, 4) is 0 Å². The molecule has 0 amide bonds. The summed E-state index contributed by atoms with van der Waals surface area (Å²) in [6.07, 6.45) is 1.34. The molecule has 6 nitrogen and oxygen atoms in total. The summed E-state index contributed by atoms with van der Waals surface area (Å²) in [5.74, 6) is 0.317. The summed E-state index contributed by atoms with van der Waals surface area (Å²) in [7, 11) is -3.63. The number of hydrogen-bond donors (Lipinski definition) is 2. The summed E-state index contributed by atoms with van der Waals surface area (Å²) in [6.45, 7) is 3.25. The van der Waals surface area contributed by atoms with Crippen LogP contribution in [0, 0.1) is 13.8 Å². The van der Waals surface area contributed by atoms with E-state index in [2.05, 4.69) is 20.9 Å². The van der Waals surface area contributed by atoms with Gasteiger partial charge in [0.05, 0.1) is 0 Å². The van der Waals surface area contributed by atoms with E-state index in [4.69, 9.17) is 4.52 Å². The zero-order chi connectivity index (χ0) is 16.2. The maximum atomic E-state index is 12.6. The Morgan fingerprint density at radius 2 is 2.04 bits per heavy atom. The van der Waals surface area contributed by atoms with Gasteiger partial charge in [-0.05, 0) is 31.9 Å². The van der Waals surface area contributed by atoms with Crippen molar-refractivity contribution in [2.75, 3.05) is 0 Å². The summed E-state index contributed by atoms with van der Waals surface area (Å²) in [5, 5.41) is 4.90. The Hall–Kier alpha value is -2.12. The summed E-state index contributed by atoms with van der Waals surface area (Å²) in [5.41, 5.74) is 3.80. The molecule has 2 heterocycles. The number of para-hydroxylation sites is 1. The quantitative estimate of drug-likeness (QED) is 0.770. The van der Waals surface area contributed by atoms with E-state index in [1.165, 1.54) is 10.9 Å². The number of aromatic nitrogens is 2. The first-order chi connectivity index (χ1) is 11.0. The molecule has 0 saturated carbocycles. The second kappa shape index (κ2) is 4.94. The van der Waals surface area contributed by atoms with E-state index in [0.29, 0.717) is 24.3 Å². The summed E-state index contributed by atoms with van der Waals surface area (Å²) in [4.78, 5) is 3.53. The molecular formula is C16H17N3O3S. The van der Waals surface area contributed by atoms with Gasteiger partial charge in [-0.3, -0.25) is 0 Å². The van der Waals surface area contributed by atoms with Crippen molar-refractivity contribution >= 4 is 20.9 Å². The third kappa shape index (κ3) is 2.27. The maximum Gasteiger partial charge on any atom is 0.246 e. The largest absolute Gasteiger partial charge is 0.360 e. The third-order valence-electron chi connectivity index (χ3n) is 4.36. The average Bonchev–Trinajstić information content (AvgIpc) is 3.11. The third-order valence-corrected chi connectivity index (χ3v) is 6.13. The van der Waals surface area contributed by atoms with Crippen molar-refractivity contribution in [1.82, 2.24) is 14.9 Å². The first-order valence-corrected chi connectivity index (χ1v) is 8.97. The SMILES string of the molecule is Cc1noc(C)c1S(=O)(=O)NC1Cc2[nH]c3ccccc3c2C1. The summed E-state index contributed by atoms with van der Waals surface area (Å²) < 4.78 is 33.0. The number of nitrogens with zero attached hydrogens (tertiary/aromatic N) is 1. The second-order valence-corrected chi connectivity index (χ2v) is 7.66. The zero-order valence-corrected chi connectivity index (χ0v) is 13.7. The Balaban J connectivity index is 1.62. The first-order valence-electron chi connectivity index (χ1n) is 7.49. The highest BCUT2D eigenvalue weighted by Gasteiger charge is 2.31. The number of hydrogen-bond acceptors (Lipinski definition) is 4. The van der Waals surface area contributed by atoms with Crippen LogP contribution in [0.25, 0.3) is 10.9 Å². The van der Waals surface area contributed by atoms with Crippen molar-refractivity contribution in [3.05, 3.63) is 47.0 Å². The van der Waals surface area contributed by atoms with Crippen LogP contribution in [0.4, 0.5) is 0 Å². The van der Waals surface area contributed by atoms with Gasteiger partial charge >= 0.3 is 0 Å². The Kier molecular flexibility index (Phi) is 3.11. The number of aromatic amines is 1. The molecule has 4 rings (SSSR count). The van der Waals surface area contributed by atoms with E-state index in [0.717, 1.165) is 11.2 Å². The van der Waals surface area contributed by atoms with Gasteiger partial charge in [-0.15, -0.1) is 0 Å². The number of rotatable bonds is 3. The van der Waals surface area contributed by atoms with Crippen molar-refractivity contribution < 1.29 is 12.9 Å². The molecule has 120 valence electrons. The number of sulfonamides is 1. The molecule has 1 aromatic carbocycles. The zero-order valence-electron chi connectivity index (χ0n) is 12.9. The Morgan fingerprint density at radius 1 is 1.26 bits per heavy atom. The number of nitrogens with one attached hydrogen (secondary N) is 2. The van der Waals surface area contributed by atoms with Gasteiger partial charge in [0.1, 0.15) is 10.6 Å². The minimum atomic E-state index is -3.63. The van der Waals surface area contributed by atoms with E-state index in [9.17, 15) is 8.42 Å². The molecule has 0 spiro atoms. The Morgan fingerprint density at radius 3 is 2.78 bits per heavy atom. The number of H-pyrrole nitrogens is 1. The molecule has 1 unspecified atom stereocenters. The van der Waals surface area contributed by atoms with E-state index >= 15 is 0 Å². The molecule has 1 aliphatic carbocycles. The van der Waals surface area contributed by atoms with Crippen LogP contribution >= 0.6 is 0 Å². The lowest BCUT2D eigenvalue weighted by Crippen LogP contribution is -2.35. The smallest absolute Gasteiger partial charge is 0.246 e. The lowest BCUT2D eigenvalue weighted by Gasteiger charge is -2.12. The van der Waals surface area contributed by atoms with Gasteiger partial charge in [-0.25, -0.2) is 13.1 Å². The van der Waals surface area contributed by atoms with Gasteiger partial charge in [0.15, 0.2) is 5.76 Å². The molecule has 2 N–H and O–H groups in total. The molecule has 0 fully saturated rings. The van der Waals surface area contributed by atoms with Crippen molar-refractivity contribution in [2.45, 2.75) is 37.6 Å². The van der Waals surface area contributed by atoms with E-state index < -0.39 is 10.0 Å². The number of benzene rings is 1. The fraction of sp³-hybridized carbons (Fsp3) is 0.312. The van der Waals surface area contributed by atoms with Crippen molar-refractivity contribution in [2.24, 2.45) is 0 Å². The summed E-state index contributed by atoms with van der Waals surface area (Å²) in [6, 6.07) is 7.94. The van der Waals surface area contributed by atoms with Gasteiger partial charge in [0.25, 0.3) is 0 Å². The lowest BCUT2D eigenvalue weighted by atomic mass is 10.1. The summed E-state index contributed by atoms with van der Waals surface area (Å²) >= 11 is 0. The van der Waals surface area contributed by atoms with Gasteiger partial charge in [-0.2, -0.15) is 0 Å². The highest BCUT2D eigenvalue weighted by Crippen LogP contribution is 2.31. The molecule has 1 aliphatic rings. The van der Waals surface area contributed by atoms with Crippen LogP contribution in [0.15, 0.2) is 33.7 Å². The number of aryl methyl sites for hydroxylation is 2. The van der Waals surface area contributed by atoms with E-state index in [1.807, 2.05) is 18.2 Å². The molecule has 0 saturated heterocycles. The van der Waals surface area contributed by atoms with Gasteiger partial charge in [0, 0.05) is 29.1 Å². The first kappa shape index (κ1) is 14.5. The average molecular weight is 331 g/mol. The minimum Gasteiger partial charge on any atom is -0.360 e. The Bertz CT molecular complexity index is 981. The molecule has 2 aromatic heterocycles. The molecule has 0 bridgehead atoms. The van der Waals surface area contributed by atoms with E-state index in [-0.39, 0.29) is 10.9 Å². The maximum absolute atomic E-state index is 12.6. The Labute approximate surface area is 133 Å². The van der Waals surface area contributed by atoms with Crippen molar-refractivity contribution in [3.63, 3.8) is 0 Å². The lowest BCUT2D eigenvalue weighted by molar-refractivity contribution is 0.390. The second-order valence-electron chi connectivity index (χ2n) is 6.01. The highest BCUT2D eigenvalue weighted by molar-refractivity contribution is 7.89. The molecular weight excluding hydrogens is 314 g/mol. The van der Waals surface area contributed by atoms with Crippen LogP contribution in [-0.2, 0) is 22.9 Å². The van der Waals surface area contributed by atoms with Gasteiger partial charge in [-0.1, -0.05) is 23.4 Å². The normalized spacial score (nSPS) is 17.7. The molecule has 1 atom stereocenters. The topological polar surface area (TPSA) is 88.0 Å². The van der Waals surface area contributed by atoms with Gasteiger partial charge in [0.2, 0.25) is 10.0 Å². The molecule has 0 aliphatic heterocycles. The molecule has 7 heteroatoms. The highest BCUT2D eigenvalue weighted by atomic mass is 32.2. The van der Waals surface area contributed by atoms with Crippen molar-refractivity contribution in [1.29, 1.82) is 0 Å². The molecule has 0 radical (unpaired) electrons. The van der Waals surface area contributed by atoms with Crippen LogP contribution in [0.3, 0.4) is 0 Å². The van der Waals surface area contributed by atoms with Gasteiger partial charge < -0.3 is 9.51 Å². The van der Waals surface area contributed by atoms with Crippen LogP contribution < -0.4 is 4.72 Å². The molecule has 3 aromatic rings. The molecule has 23 heavy (non-hydrogen) atoms. The standard InChI is InChI=1S/C16H17N3O3S/c1-9-16(10(2)22-18-9)23(20,21)19-11-7-13-12-5-3-4-6-14(12)17-15(13)8-11/h3-6,11,17,19H,7-8H2,1-2H3. The van der Waals surface area contributed by atoms with Crippen LogP contribution in [-0.4, -0.2) is 24.6 Å². The fourth-order valence-corrected chi connectivity index (χ4v) is 5.01. The van der Waals surface area contributed by atoms with Crippen LogP contribution in [0.5, 0.6) is 0 Å². The monoisotopic (exact) mass is 331 g/mol. The predicted octanol–water partition coefficient (Wildman–Crippen LogP) is 2.22. The van der Waals surface area contributed by atoms with Crippen LogP contribution in [0.1, 0.15) is 22.7 Å². The number of fused-ring (bicyclic) bond motifs is 3. The van der Waals surface area contributed by atoms with E-state index in [1.54, 1.807) is 13.8 Å².